The Morgan fingerprint density at radius 1 is 1.06 bits per heavy atom. The van der Waals surface area contributed by atoms with E-state index in [1.807, 2.05) is 34.6 Å². The van der Waals surface area contributed by atoms with Gasteiger partial charge in [0.15, 0.2) is 0 Å². The fraction of sp³-hybridized carbons (Fsp3) is 0.571. The van der Waals surface area contributed by atoms with Gasteiger partial charge in [-0.05, 0) is 49.3 Å². The molecule has 2 N–H and O–H groups in total. The van der Waals surface area contributed by atoms with Crippen LogP contribution in [0.1, 0.15) is 42.5 Å². The van der Waals surface area contributed by atoms with Gasteiger partial charge in [0.1, 0.15) is 5.75 Å². The zero-order valence-corrected chi connectivity index (χ0v) is 11.9. The van der Waals surface area contributed by atoms with Crippen LogP contribution >= 0.6 is 11.6 Å². The lowest BCUT2D eigenvalue weighted by Crippen LogP contribution is -2.21. The minimum Gasteiger partial charge on any atom is -0.507 e. The number of hydrogen-bond acceptors (Lipinski definition) is 2. The van der Waals surface area contributed by atoms with Crippen molar-refractivity contribution in [1.82, 2.24) is 0 Å². The maximum atomic E-state index is 10.3. The van der Waals surface area contributed by atoms with Gasteiger partial charge in [-0.15, -0.1) is 0 Å². The van der Waals surface area contributed by atoms with Gasteiger partial charge in [0.05, 0.1) is 0 Å². The third kappa shape index (κ3) is 2.43. The highest BCUT2D eigenvalue weighted by atomic mass is 35.5. The Bertz CT molecular complexity index is 407. The van der Waals surface area contributed by atoms with Gasteiger partial charge in [-0.3, -0.25) is 0 Å². The van der Waals surface area contributed by atoms with E-state index in [0.29, 0.717) is 17.2 Å². The summed E-state index contributed by atoms with van der Waals surface area (Å²) in [5.41, 5.74) is 3.21. The zero-order valence-electron chi connectivity index (χ0n) is 11.2. The summed E-state index contributed by atoms with van der Waals surface area (Å²) < 4.78 is 0. The van der Waals surface area contributed by atoms with Gasteiger partial charge in [0, 0.05) is 17.2 Å². The van der Waals surface area contributed by atoms with Gasteiger partial charge < -0.3 is 10.2 Å². The average Bonchev–Trinajstić information content (AvgIpc) is 2.23. The monoisotopic (exact) mass is 256 g/mol. The number of aromatic hydroxyl groups is 1. The first-order valence-corrected chi connectivity index (χ1v) is 6.21. The van der Waals surface area contributed by atoms with E-state index in [2.05, 4.69) is 0 Å². The quantitative estimate of drug-likeness (QED) is 0.867. The van der Waals surface area contributed by atoms with Crippen molar-refractivity contribution in [2.45, 2.75) is 46.5 Å². The van der Waals surface area contributed by atoms with Crippen LogP contribution in [0.2, 0.25) is 5.02 Å². The van der Waals surface area contributed by atoms with Crippen LogP contribution in [0.3, 0.4) is 0 Å². The molecule has 0 amide bonds. The lowest BCUT2D eigenvalue weighted by molar-refractivity contribution is 0.249. The van der Waals surface area contributed by atoms with Crippen molar-refractivity contribution in [3.8, 4) is 5.75 Å². The van der Waals surface area contributed by atoms with Crippen molar-refractivity contribution in [1.29, 1.82) is 0 Å². The van der Waals surface area contributed by atoms with E-state index < -0.39 is 0 Å². The summed E-state index contributed by atoms with van der Waals surface area (Å²) in [5.74, 6) is 0.308. The maximum Gasteiger partial charge on any atom is 0.122 e. The highest BCUT2D eigenvalue weighted by Gasteiger charge is 2.28. The van der Waals surface area contributed by atoms with E-state index in [4.69, 9.17) is 16.7 Å². The number of aliphatic hydroxyl groups is 1. The number of rotatable bonds is 3. The van der Waals surface area contributed by atoms with Crippen LogP contribution in [0.5, 0.6) is 5.75 Å². The summed E-state index contributed by atoms with van der Waals surface area (Å²) in [6.07, 6.45) is 0.597. The number of phenolic OH excluding ortho intramolecular Hbond substituents is 1. The number of phenols is 1. The SMILES string of the molecule is Cc1c(C)c(Cl)c(C)c(C(C)(C)CCO)c1O. The van der Waals surface area contributed by atoms with Gasteiger partial charge in [-0.2, -0.15) is 0 Å². The molecule has 0 aromatic heterocycles. The van der Waals surface area contributed by atoms with E-state index >= 15 is 0 Å². The second kappa shape index (κ2) is 4.87. The molecule has 1 aromatic carbocycles. The van der Waals surface area contributed by atoms with Crippen LogP contribution in [-0.4, -0.2) is 16.8 Å². The summed E-state index contributed by atoms with van der Waals surface area (Å²) in [7, 11) is 0. The molecule has 0 fully saturated rings. The van der Waals surface area contributed by atoms with Crippen molar-refractivity contribution >= 4 is 11.6 Å². The molecule has 0 unspecified atom stereocenters. The lowest BCUT2D eigenvalue weighted by Gasteiger charge is -2.29. The van der Waals surface area contributed by atoms with Gasteiger partial charge >= 0.3 is 0 Å². The van der Waals surface area contributed by atoms with E-state index in [-0.39, 0.29) is 12.0 Å². The standard InChI is InChI=1S/C14H21ClO2/c1-8-9(2)13(17)11(10(3)12(8)15)14(4,5)6-7-16/h16-17H,6-7H2,1-5H3. The number of aliphatic hydroxyl groups excluding tert-OH is 1. The van der Waals surface area contributed by atoms with Crippen LogP contribution in [0.15, 0.2) is 0 Å². The van der Waals surface area contributed by atoms with E-state index in [1.54, 1.807) is 0 Å². The van der Waals surface area contributed by atoms with Gasteiger partial charge in [0.2, 0.25) is 0 Å². The third-order valence-electron chi connectivity index (χ3n) is 3.60. The lowest BCUT2D eigenvalue weighted by atomic mass is 9.77. The number of benzene rings is 1. The second-order valence-corrected chi connectivity index (χ2v) is 5.65. The first-order chi connectivity index (χ1) is 7.74. The smallest absolute Gasteiger partial charge is 0.122 e. The highest BCUT2D eigenvalue weighted by Crippen LogP contribution is 2.42. The highest BCUT2D eigenvalue weighted by molar-refractivity contribution is 6.32. The van der Waals surface area contributed by atoms with E-state index in [1.165, 1.54) is 0 Å². The summed E-state index contributed by atoms with van der Waals surface area (Å²) >= 11 is 6.29. The Balaban J connectivity index is 3.54. The summed E-state index contributed by atoms with van der Waals surface area (Å²) in [5, 5.41) is 20.1. The number of halogens is 1. The summed E-state index contributed by atoms with van der Waals surface area (Å²) in [4.78, 5) is 0. The predicted molar refractivity (Wildman–Crippen MR) is 72.1 cm³/mol. The fourth-order valence-electron chi connectivity index (χ4n) is 2.33. The molecule has 0 radical (unpaired) electrons. The van der Waals surface area contributed by atoms with Crippen LogP contribution in [-0.2, 0) is 5.41 Å². The Morgan fingerprint density at radius 2 is 1.59 bits per heavy atom. The third-order valence-corrected chi connectivity index (χ3v) is 4.17. The molecule has 0 saturated heterocycles. The molecular formula is C14H21ClO2. The number of hydrogen-bond donors (Lipinski definition) is 2. The van der Waals surface area contributed by atoms with E-state index in [9.17, 15) is 5.11 Å². The first kappa shape index (κ1) is 14.3. The molecule has 0 heterocycles. The molecule has 0 saturated carbocycles. The molecule has 17 heavy (non-hydrogen) atoms. The average molecular weight is 257 g/mol. The normalized spacial score (nSPS) is 11.9. The Kier molecular flexibility index (Phi) is 4.11. The minimum atomic E-state index is -0.287. The van der Waals surface area contributed by atoms with Crippen molar-refractivity contribution in [2.24, 2.45) is 0 Å². The summed E-state index contributed by atoms with van der Waals surface area (Å²) in [6, 6.07) is 0. The van der Waals surface area contributed by atoms with Crippen molar-refractivity contribution in [3.63, 3.8) is 0 Å². The molecule has 0 aliphatic heterocycles. The molecule has 2 nitrogen and oxygen atoms in total. The van der Waals surface area contributed by atoms with Crippen LogP contribution < -0.4 is 0 Å². The molecule has 96 valence electrons. The molecule has 0 aliphatic rings. The molecular weight excluding hydrogens is 236 g/mol. The van der Waals surface area contributed by atoms with Crippen LogP contribution in [0.25, 0.3) is 0 Å². The van der Waals surface area contributed by atoms with Crippen molar-refractivity contribution in [3.05, 3.63) is 27.3 Å². The molecule has 0 atom stereocenters. The first-order valence-electron chi connectivity index (χ1n) is 5.83. The molecule has 0 aliphatic carbocycles. The summed E-state index contributed by atoms with van der Waals surface area (Å²) in [6.45, 7) is 9.81. The molecule has 0 bridgehead atoms. The second-order valence-electron chi connectivity index (χ2n) is 5.27. The van der Waals surface area contributed by atoms with Gasteiger partial charge in [-0.25, -0.2) is 0 Å². The largest absolute Gasteiger partial charge is 0.507 e. The van der Waals surface area contributed by atoms with Gasteiger partial charge in [0.25, 0.3) is 0 Å². The Labute approximate surface area is 108 Å². The van der Waals surface area contributed by atoms with Crippen LogP contribution in [0.4, 0.5) is 0 Å². The van der Waals surface area contributed by atoms with Crippen LogP contribution in [0, 0.1) is 20.8 Å². The fourth-order valence-corrected chi connectivity index (χ4v) is 2.57. The predicted octanol–water partition coefficient (Wildman–Crippen LogP) is 3.63. The Hall–Kier alpha value is -0.730. The zero-order chi connectivity index (χ0) is 13.4. The maximum absolute atomic E-state index is 10.3. The molecule has 1 aromatic rings. The Morgan fingerprint density at radius 3 is 2.06 bits per heavy atom. The van der Waals surface area contributed by atoms with Crippen molar-refractivity contribution in [2.75, 3.05) is 6.61 Å². The minimum absolute atomic E-state index is 0.0937. The molecule has 3 heteroatoms. The van der Waals surface area contributed by atoms with Crippen molar-refractivity contribution < 1.29 is 10.2 Å². The topological polar surface area (TPSA) is 40.5 Å². The van der Waals surface area contributed by atoms with Gasteiger partial charge in [-0.1, -0.05) is 25.4 Å². The van der Waals surface area contributed by atoms with E-state index in [0.717, 1.165) is 22.3 Å². The molecule has 1 rings (SSSR count). The molecule has 0 spiro atoms.